The molecule has 0 bridgehead atoms. The van der Waals surface area contributed by atoms with Crippen LogP contribution in [-0.4, -0.2) is 12.0 Å². The predicted molar refractivity (Wildman–Crippen MR) is 82.3 cm³/mol. The van der Waals surface area contributed by atoms with E-state index in [0.717, 1.165) is 16.8 Å². The van der Waals surface area contributed by atoms with Gasteiger partial charge in [0.2, 0.25) is 0 Å². The van der Waals surface area contributed by atoms with Crippen LogP contribution < -0.4 is 5.32 Å². The van der Waals surface area contributed by atoms with Crippen LogP contribution in [0.1, 0.15) is 16.7 Å². The number of benzene rings is 2. The van der Waals surface area contributed by atoms with Gasteiger partial charge in [0, 0.05) is 36.5 Å². The highest BCUT2D eigenvalue weighted by molar-refractivity contribution is 5.52. The highest BCUT2D eigenvalue weighted by Gasteiger charge is 2.11. The van der Waals surface area contributed by atoms with E-state index < -0.39 is 0 Å². The third-order valence-corrected chi connectivity index (χ3v) is 3.27. The van der Waals surface area contributed by atoms with Crippen molar-refractivity contribution in [2.24, 2.45) is 0 Å². The van der Waals surface area contributed by atoms with E-state index in [1.165, 1.54) is 0 Å². The fourth-order valence-corrected chi connectivity index (χ4v) is 2.13. The van der Waals surface area contributed by atoms with Gasteiger partial charge in [-0.25, -0.2) is 0 Å². The van der Waals surface area contributed by atoms with Crippen LogP contribution in [0.4, 0.5) is 11.4 Å². The molecule has 2 rings (SSSR count). The zero-order valence-electron chi connectivity index (χ0n) is 12.1. The van der Waals surface area contributed by atoms with Crippen molar-refractivity contribution >= 4 is 11.4 Å². The molecule has 1 N–H and O–H groups in total. The van der Waals surface area contributed by atoms with E-state index in [-0.39, 0.29) is 10.6 Å². The fraction of sp³-hybridized carbons (Fsp3) is 0.250. The van der Waals surface area contributed by atoms with Gasteiger partial charge >= 0.3 is 0 Å². The molecule has 0 saturated carbocycles. The normalized spacial score (nSPS) is 10.4. The molecule has 0 amide bonds. The number of ether oxygens (including phenoxy) is 1. The first kappa shape index (κ1) is 15.0. The van der Waals surface area contributed by atoms with Gasteiger partial charge < -0.3 is 10.1 Å². The lowest BCUT2D eigenvalue weighted by atomic mass is 10.1. The van der Waals surface area contributed by atoms with Gasteiger partial charge in [0.25, 0.3) is 5.69 Å². The molecule has 0 fully saturated rings. The number of nitro groups is 1. The summed E-state index contributed by atoms with van der Waals surface area (Å²) in [6.45, 7) is 2.79. The highest BCUT2D eigenvalue weighted by atomic mass is 16.6. The average molecular weight is 286 g/mol. The first-order chi connectivity index (χ1) is 10.1. The monoisotopic (exact) mass is 286 g/mol. The van der Waals surface area contributed by atoms with Gasteiger partial charge in [-0.1, -0.05) is 30.3 Å². The summed E-state index contributed by atoms with van der Waals surface area (Å²) in [4.78, 5) is 10.6. The van der Waals surface area contributed by atoms with E-state index in [4.69, 9.17) is 4.74 Å². The molecular formula is C16H18N2O3. The second-order valence-corrected chi connectivity index (χ2v) is 4.82. The van der Waals surface area contributed by atoms with Crippen LogP contribution in [0.2, 0.25) is 0 Å². The van der Waals surface area contributed by atoms with E-state index in [1.54, 1.807) is 26.2 Å². The van der Waals surface area contributed by atoms with Crippen molar-refractivity contribution in [1.29, 1.82) is 0 Å². The van der Waals surface area contributed by atoms with Crippen LogP contribution in [0.3, 0.4) is 0 Å². The maximum absolute atomic E-state index is 11.0. The molecule has 110 valence electrons. The molecule has 0 saturated heterocycles. The van der Waals surface area contributed by atoms with Crippen LogP contribution >= 0.6 is 0 Å². The minimum Gasteiger partial charge on any atom is -0.381 e. The summed E-state index contributed by atoms with van der Waals surface area (Å²) in [5.74, 6) is 0. The largest absolute Gasteiger partial charge is 0.381 e. The molecule has 0 unspecified atom stereocenters. The number of anilines is 1. The minimum absolute atomic E-state index is 0.152. The lowest BCUT2D eigenvalue weighted by Crippen LogP contribution is -2.04. The number of aryl methyl sites for hydroxylation is 1. The lowest BCUT2D eigenvalue weighted by Gasteiger charge is -2.11. The number of para-hydroxylation sites is 1. The Bertz CT molecular complexity index is 641. The van der Waals surface area contributed by atoms with Gasteiger partial charge in [0.15, 0.2) is 0 Å². The van der Waals surface area contributed by atoms with E-state index in [1.807, 2.05) is 30.3 Å². The number of nitrogens with zero attached hydrogens (tertiary/aromatic N) is 1. The molecule has 0 atom stereocenters. The Kier molecular flexibility index (Phi) is 4.90. The van der Waals surface area contributed by atoms with E-state index >= 15 is 0 Å². The third kappa shape index (κ3) is 3.79. The van der Waals surface area contributed by atoms with Crippen molar-refractivity contribution in [2.75, 3.05) is 12.4 Å². The summed E-state index contributed by atoms with van der Waals surface area (Å²) in [5.41, 5.74) is 3.73. The number of rotatable bonds is 6. The minimum atomic E-state index is -0.350. The van der Waals surface area contributed by atoms with E-state index in [9.17, 15) is 10.1 Å². The molecule has 5 heteroatoms. The van der Waals surface area contributed by atoms with Crippen molar-refractivity contribution in [3.05, 3.63) is 69.3 Å². The molecule has 0 heterocycles. The first-order valence-electron chi connectivity index (χ1n) is 6.66. The maximum atomic E-state index is 11.0. The Morgan fingerprint density at radius 2 is 2.00 bits per heavy atom. The Hall–Kier alpha value is -2.40. The molecular weight excluding hydrogens is 268 g/mol. The number of nitro benzene ring substituents is 1. The summed E-state index contributed by atoms with van der Waals surface area (Å²) in [6.07, 6.45) is 0. The van der Waals surface area contributed by atoms with Gasteiger partial charge in [0.05, 0.1) is 11.5 Å². The summed E-state index contributed by atoms with van der Waals surface area (Å²) in [6, 6.07) is 13.1. The predicted octanol–water partition coefficient (Wildman–Crippen LogP) is 3.66. The summed E-state index contributed by atoms with van der Waals surface area (Å²) in [7, 11) is 1.65. The summed E-state index contributed by atoms with van der Waals surface area (Å²) in [5, 5.41) is 14.3. The van der Waals surface area contributed by atoms with Crippen molar-refractivity contribution in [3.8, 4) is 0 Å². The van der Waals surface area contributed by atoms with Crippen LogP contribution in [0.5, 0.6) is 0 Å². The lowest BCUT2D eigenvalue weighted by molar-refractivity contribution is -0.385. The van der Waals surface area contributed by atoms with Crippen molar-refractivity contribution < 1.29 is 9.66 Å². The molecule has 0 spiro atoms. The zero-order valence-corrected chi connectivity index (χ0v) is 12.1. The standard InChI is InChI=1S/C16H18N2O3/c1-12-7-8-13(9-16(12)18(19)20)10-17-15-6-4-3-5-14(15)11-21-2/h3-9,17H,10-11H2,1-2H3. The fourth-order valence-electron chi connectivity index (χ4n) is 2.13. The second-order valence-electron chi connectivity index (χ2n) is 4.82. The Morgan fingerprint density at radius 3 is 2.71 bits per heavy atom. The third-order valence-electron chi connectivity index (χ3n) is 3.27. The molecule has 2 aromatic rings. The summed E-state index contributed by atoms with van der Waals surface area (Å²) >= 11 is 0. The van der Waals surface area contributed by atoms with Crippen LogP contribution in [0.25, 0.3) is 0 Å². The van der Waals surface area contributed by atoms with Crippen LogP contribution in [0, 0.1) is 17.0 Å². The van der Waals surface area contributed by atoms with Crippen molar-refractivity contribution in [1.82, 2.24) is 0 Å². The van der Waals surface area contributed by atoms with E-state index in [2.05, 4.69) is 5.32 Å². The number of hydrogen-bond donors (Lipinski definition) is 1. The summed E-state index contributed by atoms with van der Waals surface area (Å²) < 4.78 is 5.16. The molecule has 21 heavy (non-hydrogen) atoms. The molecule has 0 aromatic heterocycles. The van der Waals surface area contributed by atoms with Gasteiger partial charge in [-0.15, -0.1) is 0 Å². The molecule has 0 aliphatic heterocycles. The van der Waals surface area contributed by atoms with Crippen LogP contribution in [-0.2, 0) is 17.9 Å². The van der Waals surface area contributed by atoms with E-state index in [0.29, 0.717) is 18.7 Å². The maximum Gasteiger partial charge on any atom is 0.272 e. The smallest absolute Gasteiger partial charge is 0.272 e. The van der Waals surface area contributed by atoms with Crippen LogP contribution in [0.15, 0.2) is 42.5 Å². The topological polar surface area (TPSA) is 64.4 Å². The highest BCUT2D eigenvalue weighted by Crippen LogP contribution is 2.21. The van der Waals surface area contributed by atoms with Gasteiger partial charge in [0.1, 0.15) is 0 Å². The zero-order chi connectivity index (χ0) is 15.2. The second kappa shape index (κ2) is 6.85. The van der Waals surface area contributed by atoms with Gasteiger partial charge in [-0.2, -0.15) is 0 Å². The van der Waals surface area contributed by atoms with Crippen molar-refractivity contribution in [2.45, 2.75) is 20.1 Å². The molecule has 2 aromatic carbocycles. The SMILES string of the molecule is COCc1ccccc1NCc1ccc(C)c([N+](=O)[O-])c1. The molecule has 0 aliphatic carbocycles. The molecule has 0 aliphatic rings. The number of nitrogens with one attached hydrogen (secondary N) is 1. The quantitative estimate of drug-likeness (QED) is 0.650. The Balaban J connectivity index is 2.13. The Morgan fingerprint density at radius 1 is 1.24 bits per heavy atom. The van der Waals surface area contributed by atoms with Gasteiger partial charge in [-0.3, -0.25) is 10.1 Å². The number of methoxy groups -OCH3 is 1. The Labute approximate surface area is 123 Å². The first-order valence-corrected chi connectivity index (χ1v) is 6.66. The molecule has 0 radical (unpaired) electrons. The average Bonchev–Trinajstić information content (AvgIpc) is 2.47. The van der Waals surface area contributed by atoms with Crippen molar-refractivity contribution in [3.63, 3.8) is 0 Å². The number of hydrogen-bond acceptors (Lipinski definition) is 4. The van der Waals surface area contributed by atoms with Gasteiger partial charge in [-0.05, 0) is 18.6 Å². The molecule has 5 nitrogen and oxygen atoms in total.